The van der Waals surface area contributed by atoms with E-state index in [9.17, 15) is 4.79 Å². The van der Waals surface area contributed by atoms with Crippen molar-refractivity contribution in [3.8, 4) is 6.07 Å². The largest absolute Gasteiger partial charge is 0.379 e. The summed E-state index contributed by atoms with van der Waals surface area (Å²) in [5.41, 5.74) is -0.0444. The van der Waals surface area contributed by atoms with E-state index in [1.165, 1.54) is 6.92 Å². The fraction of sp³-hybridized carbons (Fsp3) is 0.667. The number of hydrogen-bond donors (Lipinski definition) is 0. The lowest BCUT2D eigenvalue weighted by atomic mass is 9.97. The summed E-state index contributed by atoms with van der Waals surface area (Å²) in [7, 11) is 0. The number of ether oxygens (including phenoxy) is 1. The highest BCUT2D eigenvalue weighted by molar-refractivity contribution is 5.97. The fourth-order valence-corrected chi connectivity index (χ4v) is 1.80. The number of Topliss-reactive ketones (excluding diaryl/α,β-unsaturated/α-hetero) is 1. The second kappa shape index (κ2) is 5.24. The summed E-state index contributed by atoms with van der Waals surface area (Å²) >= 11 is 0. The summed E-state index contributed by atoms with van der Waals surface area (Å²) in [6.07, 6.45) is 1.75. The maximum atomic E-state index is 11.2. The van der Waals surface area contributed by atoms with Gasteiger partial charge in [0.15, 0.2) is 5.78 Å². The SMILES string of the molecule is CC(=O)/C(C#N)=C\C(C)(C)N1CCOCC1. The fourth-order valence-electron chi connectivity index (χ4n) is 1.80. The lowest BCUT2D eigenvalue weighted by Gasteiger charge is -2.39. The monoisotopic (exact) mass is 222 g/mol. The molecule has 0 unspecified atom stereocenters. The Kier molecular flexibility index (Phi) is 4.22. The molecule has 0 aromatic carbocycles. The molecule has 1 aliphatic rings. The standard InChI is InChI=1S/C12H18N2O2/c1-10(15)11(9-13)8-12(2,3)14-4-6-16-7-5-14/h8H,4-7H2,1-3H3/b11-8-. The van der Waals surface area contributed by atoms with Gasteiger partial charge in [-0.15, -0.1) is 0 Å². The predicted molar refractivity (Wildman–Crippen MR) is 60.8 cm³/mol. The van der Waals surface area contributed by atoms with E-state index >= 15 is 0 Å². The van der Waals surface area contributed by atoms with E-state index in [4.69, 9.17) is 10.00 Å². The predicted octanol–water partition coefficient (Wildman–Crippen LogP) is 1.14. The number of nitrogens with zero attached hydrogens (tertiary/aromatic N) is 2. The van der Waals surface area contributed by atoms with Crippen molar-refractivity contribution in [3.05, 3.63) is 11.6 Å². The highest BCUT2D eigenvalue weighted by Gasteiger charge is 2.27. The van der Waals surface area contributed by atoms with Crippen molar-refractivity contribution in [2.24, 2.45) is 0 Å². The van der Waals surface area contributed by atoms with Crippen molar-refractivity contribution in [3.63, 3.8) is 0 Å². The zero-order chi connectivity index (χ0) is 12.2. The molecule has 0 saturated carbocycles. The van der Waals surface area contributed by atoms with Gasteiger partial charge in [-0.2, -0.15) is 5.26 Å². The molecular formula is C12H18N2O2. The van der Waals surface area contributed by atoms with Gasteiger partial charge in [0.2, 0.25) is 0 Å². The molecule has 0 amide bonds. The topological polar surface area (TPSA) is 53.3 Å². The van der Waals surface area contributed by atoms with E-state index in [-0.39, 0.29) is 16.9 Å². The Balaban J connectivity index is 2.83. The molecule has 0 aromatic heterocycles. The van der Waals surface area contributed by atoms with Gasteiger partial charge in [-0.05, 0) is 26.8 Å². The number of rotatable bonds is 3. The summed E-state index contributed by atoms with van der Waals surface area (Å²) < 4.78 is 5.28. The van der Waals surface area contributed by atoms with Gasteiger partial charge in [0.05, 0.1) is 18.8 Å². The van der Waals surface area contributed by atoms with Gasteiger partial charge in [-0.1, -0.05) is 0 Å². The Labute approximate surface area is 96.5 Å². The Morgan fingerprint density at radius 3 is 2.44 bits per heavy atom. The van der Waals surface area contributed by atoms with Crippen LogP contribution in [-0.4, -0.2) is 42.5 Å². The zero-order valence-corrected chi connectivity index (χ0v) is 10.1. The van der Waals surface area contributed by atoms with Crippen molar-refractivity contribution < 1.29 is 9.53 Å². The zero-order valence-electron chi connectivity index (χ0n) is 10.1. The van der Waals surface area contributed by atoms with E-state index in [0.717, 1.165) is 13.1 Å². The van der Waals surface area contributed by atoms with Crippen molar-refractivity contribution in [2.75, 3.05) is 26.3 Å². The first-order chi connectivity index (χ1) is 7.47. The first-order valence-corrected chi connectivity index (χ1v) is 5.44. The van der Waals surface area contributed by atoms with Crippen LogP contribution in [0.15, 0.2) is 11.6 Å². The molecule has 1 fully saturated rings. The summed E-state index contributed by atoms with van der Waals surface area (Å²) in [4.78, 5) is 13.4. The molecule has 88 valence electrons. The third kappa shape index (κ3) is 3.16. The van der Waals surface area contributed by atoms with Gasteiger partial charge >= 0.3 is 0 Å². The van der Waals surface area contributed by atoms with Crippen molar-refractivity contribution in [1.82, 2.24) is 4.90 Å². The molecule has 1 aliphatic heterocycles. The van der Waals surface area contributed by atoms with Crippen LogP contribution in [0.25, 0.3) is 0 Å². The smallest absolute Gasteiger partial charge is 0.170 e. The minimum absolute atomic E-state index is 0.177. The second-order valence-corrected chi connectivity index (χ2v) is 4.48. The summed E-state index contributed by atoms with van der Waals surface area (Å²) in [5.74, 6) is -0.177. The molecular weight excluding hydrogens is 204 g/mol. The van der Waals surface area contributed by atoms with E-state index in [1.54, 1.807) is 6.08 Å². The van der Waals surface area contributed by atoms with E-state index in [1.807, 2.05) is 19.9 Å². The van der Waals surface area contributed by atoms with Gasteiger partial charge in [-0.25, -0.2) is 0 Å². The number of hydrogen-bond acceptors (Lipinski definition) is 4. The van der Waals surface area contributed by atoms with Crippen molar-refractivity contribution in [1.29, 1.82) is 5.26 Å². The molecule has 0 N–H and O–H groups in total. The first kappa shape index (κ1) is 12.9. The van der Waals surface area contributed by atoms with Gasteiger partial charge < -0.3 is 4.74 Å². The van der Waals surface area contributed by atoms with Crippen LogP contribution < -0.4 is 0 Å². The van der Waals surface area contributed by atoms with Crippen LogP contribution in [0, 0.1) is 11.3 Å². The normalized spacial score (nSPS) is 19.2. The second-order valence-electron chi connectivity index (χ2n) is 4.48. The van der Waals surface area contributed by atoms with Gasteiger partial charge in [0.1, 0.15) is 6.07 Å². The quantitative estimate of drug-likeness (QED) is 0.530. The molecule has 0 bridgehead atoms. The summed E-state index contributed by atoms with van der Waals surface area (Å²) in [5, 5.41) is 8.88. The number of ketones is 1. The molecule has 0 atom stereocenters. The molecule has 0 aromatic rings. The lowest BCUT2D eigenvalue weighted by Crippen LogP contribution is -2.49. The lowest BCUT2D eigenvalue weighted by molar-refractivity contribution is -0.113. The minimum Gasteiger partial charge on any atom is -0.379 e. The van der Waals surface area contributed by atoms with Crippen LogP contribution >= 0.6 is 0 Å². The molecule has 4 heteroatoms. The Bertz CT molecular complexity index is 333. The third-order valence-electron chi connectivity index (χ3n) is 2.82. The maximum absolute atomic E-state index is 11.2. The molecule has 1 rings (SSSR count). The Hall–Kier alpha value is -1.18. The van der Waals surface area contributed by atoms with Crippen LogP contribution in [0.5, 0.6) is 0 Å². The van der Waals surface area contributed by atoms with Gasteiger partial charge in [0.25, 0.3) is 0 Å². The Morgan fingerprint density at radius 2 is 2.00 bits per heavy atom. The van der Waals surface area contributed by atoms with E-state index in [2.05, 4.69) is 4.90 Å². The van der Waals surface area contributed by atoms with Gasteiger partial charge in [0, 0.05) is 18.6 Å². The molecule has 1 heterocycles. The van der Waals surface area contributed by atoms with Crippen LogP contribution in [0.4, 0.5) is 0 Å². The molecule has 4 nitrogen and oxygen atoms in total. The number of carbonyl (C=O) groups excluding carboxylic acids is 1. The number of allylic oxidation sites excluding steroid dienone is 1. The van der Waals surface area contributed by atoms with Crippen LogP contribution in [0.2, 0.25) is 0 Å². The highest BCUT2D eigenvalue weighted by atomic mass is 16.5. The number of morpholine rings is 1. The third-order valence-corrected chi connectivity index (χ3v) is 2.82. The Morgan fingerprint density at radius 1 is 1.44 bits per heavy atom. The molecule has 0 aliphatic carbocycles. The van der Waals surface area contributed by atoms with E-state index in [0.29, 0.717) is 13.2 Å². The van der Waals surface area contributed by atoms with Crippen molar-refractivity contribution in [2.45, 2.75) is 26.3 Å². The highest BCUT2D eigenvalue weighted by Crippen LogP contribution is 2.19. The number of carbonyl (C=O) groups is 1. The van der Waals surface area contributed by atoms with Crippen LogP contribution in [-0.2, 0) is 9.53 Å². The number of nitriles is 1. The van der Waals surface area contributed by atoms with Gasteiger partial charge in [-0.3, -0.25) is 9.69 Å². The summed E-state index contributed by atoms with van der Waals surface area (Å²) in [6.45, 7) is 8.53. The molecule has 0 radical (unpaired) electrons. The van der Waals surface area contributed by atoms with E-state index < -0.39 is 0 Å². The molecule has 1 saturated heterocycles. The van der Waals surface area contributed by atoms with Crippen LogP contribution in [0.1, 0.15) is 20.8 Å². The average Bonchev–Trinajstić information content (AvgIpc) is 2.27. The molecule has 16 heavy (non-hydrogen) atoms. The average molecular weight is 222 g/mol. The van der Waals surface area contributed by atoms with Crippen molar-refractivity contribution >= 4 is 5.78 Å². The van der Waals surface area contributed by atoms with Crippen LogP contribution in [0.3, 0.4) is 0 Å². The minimum atomic E-state index is -0.277. The summed E-state index contributed by atoms with van der Waals surface area (Å²) in [6, 6.07) is 1.95. The first-order valence-electron chi connectivity index (χ1n) is 5.44. The molecule has 0 spiro atoms. The maximum Gasteiger partial charge on any atom is 0.170 e.